The first-order valence-electron chi connectivity index (χ1n) is 7.08. The molecule has 2 rings (SSSR count). The van der Waals surface area contributed by atoms with Crippen LogP contribution < -0.4 is 0 Å². The lowest BCUT2D eigenvalue weighted by molar-refractivity contribution is 0.00398. The summed E-state index contributed by atoms with van der Waals surface area (Å²) in [5, 5.41) is 9.63. The molecule has 1 saturated heterocycles. The molecule has 0 aliphatic carbocycles. The monoisotopic (exact) mass is 331 g/mol. The van der Waals surface area contributed by atoms with Crippen LogP contribution in [-0.2, 0) is 4.74 Å². The number of amides is 1. The van der Waals surface area contributed by atoms with Crippen LogP contribution >= 0.6 is 23.2 Å². The number of hydrogen-bond donors (Lipinski definition) is 1. The van der Waals surface area contributed by atoms with Crippen molar-refractivity contribution >= 4 is 29.1 Å². The maximum atomic E-state index is 12.4. The molecule has 0 atom stereocenters. The van der Waals surface area contributed by atoms with Gasteiger partial charge < -0.3 is 14.7 Å². The minimum Gasteiger partial charge on any atom is -0.396 e. The zero-order valence-electron chi connectivity index (χ0n) is 11.7. The van der Waals surface area contributed by atoms with E-state index < -0.39 is 0 Å². The molecule has 0 radical (unpaired) electrons. The van der Waals surface area contributed by atoms with E-state index in [1.165, 1.54) is 0 Å². The quantitative estimate of drug-likeness (QED) is 0.844. The van der Waals surface area contributed by atoms with Crippen molar-refractivity contribution in [2.24, 2.45) is 0 Å². The summed E-state index contributed by atoms with van der Waals surface area (Å²) >= 11 is 11.9. The van der Waals surface area contributed by atoms with Crippen molar-refractivity contribution in [3.63, 3.8) is 0 Å². The number of aliphatic hydroxyl groups is 1. The molecule has 1 fully saturated rings. The fourth-order valence-corrected chi connectivity index (χ4v) is 2.86. The standard InChI is InChI=1S/C15H19Cl2NO3/c16-11-2-3-13(14(17)10-11)15(20)18-6-4-12(5-7-18)21-9-1-8-19/h2-3,10,12,19H,1,4-9H2. The van der Waals surface area contributed by atoms with Crippen LogP contribution in [0.5, 0.6) is 0 Å². The van der Waals surface area contributed by atoms with Gasteiger partial charge in [0, 0.05) is 31.3 Å². The van der Waals surface area contributed by atoms with Gasteiger partial charge in [0.2, 0.25) is 0 Å². The average Bonchev–Trinajstić information content (AvgIpc) is 2.48. The minimum atomic E-state index is -0.0644. The molecule has 4 nitrogen and oxygen atoms in total. The van der Waals surface area contributed by atoms with Crippen LogP contribution in [0.15, 0.2) is 18.2 Å². The molecule has 0 bridgehead atoms. The topological polar surface area (TPSA) is 49.8 Å². The van der Waals surface area contributed by atoms with Gasteiger partial charge in [-0.25, -0.2) is 0 Å². The molecule has 1 aliphatic heterocycles. The number of piperidine rings is 1. The third-order valence-electron chi connectivity index (χ3n) is 3.55. The van der Waals surface area contributed by atoms with E-state index in [0.717, 1.165) is 12.8 Å². The molecule has 1 amide bonds. The van der Waals surface area contributed by atoms with Gasteiger partial charge in [-0.15, -0.1) is 0 Å². The summed E-state index contributed by atoms with van der Waals surface area (Å²) in [4.78, 5) is 14.2. The Labute approximate surface area is 134 Å². The Bertz CT molecular complexity index is 488. The fourth-order valence-electron chi connectivity index (χ4n) is 2.37. The number of hydrogen-bond acceptors (Lipinski definition) is 3. The average molecular weight is 332 g/mol. The molecule has 1 aromatic rings. The predicted molar refractivity (Wildman–Crippen MR) is 83.0 cm³/mol. The minimum absolute atomic E-state index is 0.0644. The van der Waals surface area contributed by atoms with E-state index in [0.29, 0.717) is 41.7 Å². The van der Waals surface area contributed by atoms with Gasteiger partial charge in [0.25, 0.3) is 5.91 Å². The third kappa shape index (κ3) is 4.58. The number of nitrogens with zero attached hydrogens (tertiary/aromatic N) is 1. The van der Waals surface area contributed by atoms with Crippen LogP contribution in [-0.4, -0.2) is 48.3 Å². The smallest absolute Gasteiger partial charge is 0.255 e. The van der Waals surface area contributed by atoms with Crippen molar-refractivity contribution in [3.8, 4) is 0 Å². The molecule has 0 unspecified atom stereocenters. The van der Waals surface area contributed by atoms with Gasteiger partial charge in [-0.3, -0.25) is 4.79 Å². The zero-order valence-corrected chi connectivity index (χ0v) is 13.2. The Morgan fingerprint density at radius 3 is 2.67 bits per heavy atom. The van der Waals surface area contributed by atoms with Crippen LogP contribution in [0, 0.1) is 0 Å². The molecule has 1 aromatic carbocycles. The summed E-state index contributed by atoms with van der Waals surface area (Å²) in [7, 11) is 0. The van der Waals surface area contributed by atoms with Crippen molar-refractivity contribution in [1.29, 1.82) is 0 Å². The fraction of sp³-hybridized carbons (Fsp3) is 0.533. The number of ether oxygens (including phenoxy) is 1. The summed E-state index contributed by atoms with van der Waals surface area (Å²) in [5.74, 6) is -0.0644. The largest absolute Gasteiger partial charge is 0.396 e. The number of halogens is 2. The molecule has 1 N–H and O–H groups in total. The van der Waals surface area contributed by atoms with Crippen molar-refractivity contribution in [2.75, 3.05) is 26.3 Å². The summed E-state index contributed by atoms with van der Waals surface area (Å²) < 4.78 is 5.66. The number of likely N-dealkylation sites (tertiary alicyclic amines) is 1. The van der Waals surface area contributed by atoms with Gasteiger partial charge in [-0.05, 0) is 37.5 Å². The second kappa shape index (κ2) is 7.99. The summed E-state index contributed by atoms with van der Waals surface area (Å²) in [6, 6.07) is 4.92. The highest BCUT2D eigenvalue weighted by Gasteiger charge is 2.25. The maximum absolute atomic E-state index is 12.4. The number of rotatable bonds is 5. The molecule has 0 aromatic heterocycles. The van der Waals surface area contributed by atoms with E-state index in [1.807, 2.05) is 0 Å². The van der Waals surface area contributed by atoms with Crippen LogP contribution in [0.2, 0.25) is 10.0 Å². The van der Waals surface area contributed by atoms with Gasteiger partial charge in [-0.2, -0.15) is 0 Å². The van der Waals surface area contributed by atoms with E-state index >= 15 is 0 Å². The van der Waals surface area contributed by atoms with E-state index in [9.17, 15) is 4.79 Å². The normalized spacial score (nSPS) is 16.2. The molecule has 116 valence electrons. The molecular formula is C15H19Cl2NO3. The van der Waals surface area contributed by atoms with E-state index in [-0.39, 0.29) is 18.6 Å². The van der Waals surface area contributed by atoms with Gasteiger partial charge >= 0.3 is 0 Å². The second-order valence-electron chi connectivity index (χ2n) is 5.06. The van der Waals surface area contributed by atoms with Crippen molar-refractivity contribution in [1.82, 2.24) is 4.90 Å². The molecular weight excluding hydrogens is 313 g/mol. The third-order valence-corrected chi connectivity index (χ3v) is 4.09. The van der Waals surface area contributed by atoms with Gasteiger partial charge in [0.1, 0.15) is 0 Å². The molecule has 0 spiro atoms. The van der Waals surface area contributed by atoms with Gasteiger partial charge in [0.15, 0.2) is 0 Å². The number of carbonyl (C=O) groups excluding carboxylic acids is 1. The highest BCUT2D eigenvalue weighted by Crippen LogP contribution is 2.24. The Hall–Kier alpha value is -0.810. The number of aliphatic hydroxyl groups excluding tert-OH is 1. The SMILES string of the molecule is O=C(c1ccc(Cl)cc1Cl)N1CCC(OCCCO)CC1. The first-order valence-corrected chi connectivity index (χ1v) is 7.84. The van der Waals surface area contributed by atoms with E-state index in [4.69, 9.17) is 33.0 Å². The molecule has 1 heterocycles. The summed E-state index contributed by atoms with van der Waals surface area (Å²) in [5.41, 5.74) is 0.487. The van der Waals surface area contributed by atoms with Crippen LogP contribution in [0.3, 0.4) is 0 Å². The lowest BCUT2D eigenvalue weighted by atomic mass is 10.1. The van der Waals surface area contributed by atoms with Crippen LogP contribution in [0.1, 0.15) is 29.6 Å². The predicted octanol–water partition coefficient (Wildman–Crippen LogP) is 3.00. The molecule has 1 aliphatic rings. The second-order valence-corrected chi connectivity index (χ2v) is 5.91. The Kier molecular flexibility index (Phi) is 6.30. The Morgan fingerprint density at radius 1 is 1.33 bits per heavy atom. The lowest BCUT2D eigenvalue weighted by Crippen LogP contribution is -2.41. The van der Waals surface area contributed by atoms with Crippen LogP contribution in [0.4, 0.5) is 0 Å². The number of carbonyl (C=O) groups is 1. The van der Waals surface area contributed by atoms with Crippen molar-refractivity contribution < 1.29 is 14.6 Å². The van der Waals surface area contributed by atoms with E-state index in [2.05, 4.69) is 0 Å². The first kappa shape index (κ1) is 16.6. The molecule has 21 heavy (non-hydrogen) atoms. The van der Waals surface area contributed by atoms with Crippen LogP contribution in [0.25, 0.3) is 0 Å². The Balaban J connectivity index is 1.88. The van der Waals surface area contributed by atoms with E-state index in [1.54, 1.807) is 23.1 Å². The zero-order chi connectivity index (χ0) is 15.2. The van der Waals surface area contributed by atoms with Gasteiger partial charge in [-0.1, -0.05) is 23.2 Å². The number of benzene rings is 1. The highest BCUT2D eigenvalue weighted by atomic mass is 35.5. The first-order chi connectivity index (χ1) is 10.1. The summed E-state index contributed by atoms with van der Waals surface area (Å²) in [6.07, 6.45) is 2.44. The lowest BCUT2D eigenvalue weighted by Gasteiger charge is -2.32. The van der Waals surface area contributed by atoms with Crippen molar-refractivity contribution in [3.05, 3.63) is 33.8 Å². The highest BCUT2D eigenvalue weighted by molar-refractivity contribution is 6.36. The van der Waals surface area contributed by atoms with Gasteiger partial charge in [0.05, 0.1) is 16.7 Å². The maximum Gasteiger partial charge on any atom is 0.255 e. The van der Waals surface area contributed by atoms with Crippen molar-refractivity contribution in [2.45, 2.75) is 25.4 Å². The molecule has 6 heteroatoms. The molecule has 0 saturated carbocycles. The summed E-state index contributed by atoms with van der Waals surface area (Å²) in [6.45, 7) is 2.02. The Morgan fingerprint density at radius 2 is 2.05 bits per heavy atom.